The number of aliphatic carboxylic acids is 1. The summed E-state index contributed by atoms with van der Waals surface area (Å²) in [4.78, 5) is 27.2. The van der Waals surface area contributed by atoms with Crippen molar-refractivity contribution in [2.24, 2.45) is 0 Å². The van der Waals surface area contributed by atoms with Crippen molar-refractivity contribution < 1.29 is 14.7 Å². The van der Waals surface area contributed by atoms with Crippen molar-refractivity contribution in [1.82, 2.24) is 10.3 Å². The molecule has 0 bridgehead atoms. The van der Waals surface area contributed by atoms with Crippen molar-refractivity contribution in [3.8, 4) is 0 Å². The summed E-state index contributed by atoms with van der Waals surface area (Å²) in [5.41, 5.74) is 2.31. The third-order valence-electron chi connectivity index (χ3n) is 3.07. The Kier molecular flexibility index (Phi) is 4.66. The summed E-state index contributed by atoms with van der Waals surface area (Å²) in [5.74, 6) is -1.48. The predicted molar refractivity (Wildman–Crippen MR) is 78.0 cm³/mol. The maximum Gasteiger partial charge on any atom is 0.326 e. The molecule has 0 radical (unpaired) electrons. The third-order valence-corrected chi connectivity index (χ3v) is 3.07. The van der Waals surface area contributed by atoms with Crippen LogP contribution in [0.5, 0.6) is 0 Å². The van der Waals surface area contributed by atoms with Gasteiger partial charge >= 0.3 is 5.97 Å². The van der Waals surface area contributed by atoms with E-state index in [0.717, 1.165) is 11.1 Å². The van der Waals surface area contributed by atoms with Gasteiger partial charge in [-0.15, -0.1) is 0 Å². The molecule has 108 valence electrons. The molecule has 0 spiro atoms. The number of benzene rings is 1. The SMILES string of the molecule is Cc1cccc(C[C@H](NC(=O)c2ccncc2)C(=O)O)c1. The topological polar surface area (TPSA) is 79.3 Å². The molecular weight excluding hydrogens is 268 g/mol. The molecule has 0 aliphatic carbocycles. The van der Waals surface area contributed by atoms with Crippen LogP contribution in [0, 0.1) is 6.92 Å². The van der Waals surface area contributed by atoms with Crippen molar-refractivity contribution in [3.63, 3.8) is 0 Å². The van der Waals surface area contributed by atoms with Crippen LogP contribution in [0.3, 0.4) is 0 Å². The van der Waals surface area contributed by atoms with E-state index in [1.165, 1.54) is 12.4 Å². The molecule has 21 heavy (non-hydrogen) atoms. The van der Waals surface area contributed by atoms with Gasteiger partial charge in [0.25, 0.3) is 5.91 Å². The first-order valence-electron chi connectivity index (χ1n) is 6.55. The van der Waals surface area contributed by atoms with E-state index in [4.69, 9.17) is 0 Å². The zero-order valence-corrected chi connectivity index (χ0v) is 11.6. The highest BCUT2D eigenvalue weighted by atomic mass is 16.4. The number of rotatable bonds is 5. The lowest BCUT2D eigenvalue weighted by atomic mass is 10.0. The fraction of sp³-hybridized carbons (Fsp3) is 0.188. The van der Waals surface area contributed by atoms with Crippen LogP contribution in [0.4, 0.5) is 0 Å². The zero-order valence-electron chi connectivity index (χ0n) is 11.6. The van der Waals surface area contributed by atoms with Crippen molar-refractivity contribution >= 4 is 11.9 Å². The predicted octanol–water partition coefficient (Wildman–Crippen LogP) is 1.82. The molecule has 2 rings (SSSR count). The summed E-state index contributed by atoms with van der Waals surface area (Å²) in [6, 6.07) is 9.69. The molecular formula is C16H16N2O3. The lowest BCUT2D eigenvalue weighted by Gasteiger charge is -2.15. The Bertz CT molecular complexity index is 641. The van der Waals surface area contributed by atoms with Gasteiger partial charge < -0.3 is 10.4 Å². The Morgan fingerprint density at radius 1 is 1.24 bits per heavy atom. The number of carboxylic acids is 1. The molecule has 2 aromatic rings. The molecule has 2 N–H and O–H groups in total. The van der Waals surface area contributed by atoms with Gasteiger partial charge in [0.05, 0.1) is 0 Å². The van der Waals surface area contributed by atoms with Gasteiger partial charge in [-0.3, -0.25) is 9.78 Å². The Morgan fingerprint density at radius 2 is 1.95 bits per heavy atom. The first kappa shape index (κ1) is 14.7. The van der Waals surface area contributed by atoms with E-state index in [1.54, 1.807) is 12.1 Å². The first-order valence-corrected chi connectivity index (χ1v) is 6.55. The molecule has 0 aliphatic heterocycles. The van der Waals surface area contributed by atoms with E-state index in [-0.39, 0.29) is 6.42 Å². The molecule has 0 aliphatic rings. The molecule has 1 aromatic heterocycles. The second-order valence-corrected chi connectivity index (χ2v) is 4.79. The number of pyridine rings is 1. The minimum Gasteiger partial charge on any atom is -0.480 e. The van der Waals surface area contributed by atoms with Gasteiger partial charge in [0.2, 0.25) is 0 Å². The Labute approximate surface area is 122 Å². The number of hydrogen-bond acceptors (Lipinski definition) is 3. The molecule has 1 aromatic carbocycles. The summed E-state index contributed by atoms with van der Waals surface area (Å²) >= 11 is 0. The van der Waals surface area contributed by atoms with Crippen LogP contribution in [-0.4, -0.2) is 28.0 Å². The highest BCUT2D eigenvalue weighted by Crippen LogP contribution is 2.08. The lowest BCUT2D eigenvalue weighted by molar-refractivity contribution is -0.139. The second kappa shape index (κ2) is 6.65. The third kappa shape index (κ3) is 4.14. The summed E-state index contributed by atoms with van der Waals surface area (Å²) in [6.07, 6.45) is 3.23. The molecule has 0 fully saturated rings. The average Bonchev–Trinajstić information content (AvgIpc) is 2.47. The number of nitrogens with zero attached hydrogens (tertiary/aromatic N) is 1. The summed E-state index contributed by atoms with van der Waals surface area (Å²) in [6.45, 7) is 1.94. The average molecular weight is 284 g/mol. The molecule has 5 nitrogen and oxygen atoms in total. The van der Waals surface area contributed by atoms with Gasteiger partial charge in [0, 0.05) is 24.4 Å². The number of aryl methyl sites for hydroxylation is 1. The minimum absolute atomic E-state index is 0.244. The first-order chi connectivity index (χ1) is 10.1. The maximum absolute atomic E-state index is 12.0. The number of carbonyl (C=O) groups excluding carboxylic acids is 1. The monoisotopic (exact) mass is 284 g/mol. The largest absolute Gasteiger partial charge is 0.480 e. The van der Waals surface area contributed by atoms with E-state index >= 15 is 0 Å². The Balaban J connectivity index is 2.09. The van der Waals surface area contributed by atoms with Crippen LogP contribution in [0.15, 0.2) is 48.8 Å². The van der Waals surface area contributed by atoms with Crippen molar-refractivity contribution in [2.75, 3.05) is 0 Å². The van der Waals surface area contributed by atoms with E-state index in [9.17, 15) is 14.7 Å². The number of aromatic nitrogens is 1. The molecule has 0 saturated carbocycles. The van der Waals surface area contributed by atoms with Gasteiger partial charge in [0.15, 0.2) is 0 Å². The second-order valence-electron chi connectivity index (χ2n) is 4.79. The number of hydrogen-bond donors (Lipinski definition) is 2. The van der Waals surface area contributed by atoms with Gasteiger partial charge in [0.1, 0.15) is 6.04 Å². The molecule has 0 unspecified atom stereocenters. The van der Waals surface area contributed by atoms with Crippen LogP contribution >= 0.6 is 0 Å². The van der Waals surface area contributed by atoms with Crippen LogP contribution in [0.25, 0.3) is 0 Å². The molecule has 1 heterocycles. The minimum atomic E-state index is -1.06. The molecule has 0 saturated heterocycles. The number of amides is 1. The molecule has 5 heteroatoms. The van der Waals surface area contributed by atoms with Gasteiger partial charge in [-0.1, -0.05) is 29.8 Å². The van der Waals surface area contributed by atoms with Crippen LogP contribution in [0.2, 0.25) is 0 Å². The highest BCUT2D eigenvalue weighted by molar-refractivity contribution is 5.96. The summed E-state index contributed by atoms with van der Waals surface area (Å²) in [5, 5.41) is 11.8. The number of carbonyl (C=O) groups is 2. The standard InChI is InChI=1S/C16H16N2O3/c1-11-3-2-4-12(9-11)10-14(16(20)21)18-15(19)13-5-7-17-8-6-13/h2-9,14H,10H2,1H3,(H,18,19)(H,20,21)/t14-/m0/s1. The number of nitrogens with one attached hydrogen (secondary N) is 1. The Hall–Kier alpha value is -2.69. The quantitative estimate of drug-likeness (QED) is 0.877. The van der Waals surface area contributed by atoms with Crippen molar-refractivity contribution in [2.45, 2.75) is 19.4 Å². The van der Waals surface area contributed by atoms with E-state index < -0.39 is 17.9 Å². The normalized spacial score (nSPS) is 11.7. The zero-order chi connectivity index (χ0) is 15.2. The number of carboxylic acid groups (broad SMARTS) is 1. The van der Waals surface area contributed by atoms with Crippen molar-refractivity contribution in [3.05, 3.63) is 65.5 Å². The van der Waals surface area contributed by atoms with Crippen LogP contribution in [0.1, 0.15) is 21.5 Å². The van der Waals surface area contributed by atoms with Gasteiger partial charge in [-0.25, -0.2) is 4.79 Å². The van der Waals surface area contributed by atoms with Crippen LogP contribution in [-0.2, 0) is 11.2 Å². The van der Waals surface area contributed by atoms with Crippen LogP contribution < -0.4 is 5.32 Å². The lowest BCUT2D eigenvalue weighted by Crippen LogP contribution is -2.42. The fourth-order valence-corrected chi connectivity index (χ4v) is 2.02. The molecule has 1 atom stereocenters. The fourth-order valence-electron chi connectivity index (χ4n) is 2.02. The van der Waals surface area contributed by atoms with Gasteiger partial charge in [-0.2, -0.15) is 0 Å². The summed E-state index contributed by atoms with van der Waals surface area (Å²) < 4.78 is 0. The Morgan fingerprint density at radius 3 is 2.57 bits per heavy atom. The van der Waals surface area contributed by atoms with E-state index in [1.807, 2.05) is 31.2 Å². The van der Waals surface area contributed by atoms with Gasteiger partial charge in [-0.05, 0) is 24.6 Å². The van der Waals surface area contributed by atoms with E-state index in [0.29, 0.717) is 5.56 Å². The maximum atomic E-state index is 12.0. The molecule has 1 amide bonds. The van der Waals surface area contributed by atoms with Crippen molar-refractivity contribution in [1.29, 1.82) is 0 Å². The highest BCUT2D eigenvalue weighted by Gasteiger charge is 2.21. The van der Waals surface area contributed by atoms with E-state index in [2.05, 4.69) is 10.3 Å². The smallest absolute Gasteiger partial charge is 0.326 e. The summed E-state index contributed by atoms with van der Waals surface area (Å²) in [7, 11) is 0.